The Hall–Kier alpha value is -1.75. The van der Waals surface area contributed by atoms with E-state index in [4.69, 9.17) is 0 Å². The Morgan fingerprint density at radius 3 is 2.83 bits per heavy atom. The molecule has 0 unspecified atom stereocenters. The van der Waals surface area contributed by atoms with E-state index in [1.165, 1.54) is 24.7 Å². The number of hydrogen-bond acceptors (Lipinski definition) is 4. The van der Waals surface area contributed by atoms with Crippen molar-refractivity contribution in [3.8, 4) is 0 Å². The third kappa shape index (κ3) is 2.26. The van der Waals surface area contributed by atoms with Gasteiger partial charge in [-0.25, -0.2) is 0 Å². The molecule has 1 aromatic carbocycles. The van der Waals surface area contributed by atoms with Crippen LogP contribution in [0.4, 0.5) is 0 Å². The van der Waals surface area contributed by atoms with Crippen LogP contribution in [0.1, 0.15) is 24.4 Å². The number of rotatable bonds is 3. The van der Waals surface area contributed by atoms with Crippen LogP contribution >= 0.6 is 0 Å². The molecule has 0 radical (unpaired) electrons. The normalized spacial score (nSPS) is 21.7. The van der Waals surface area contributed by atoms with Crippen molar-refractivity contribution in [3.63, 3.8) is 0 Å². The van der Waals surface area contributed by atoms with Crippen LogP contribution in [-0.4, -0.2) is 33.3 Å². The molecular formula is C13H17N5. The maximum absolute atomic E-state index is 4.23. The molecule has 1 aliphatic heterocycles. The number of benzene rings is 1. The average molecular weight is 243 g/mol. The van der Waals surface area contributed by atoms with Crippen LogP contribution in [0.3, 0.4) is 0 Å². The zero-order chi connectivity index (χ0) is 12.2. The topological polar surface area (TPSA) is 55.6 Å². The molecule has 1 aromatic heterocycles. The van der Waals surface area contributed by atoms with Gasteiger partial charge in [-0.1, -0.05) is 30.3 Å². The standard InChI is InChI=1S/C13H17N5/c1-2-5-11(6-3-1)13(18-16-10-15-17-18)12-7-4-8-14-9-12/h1-3,5-6,10,12-14H,4,7-9H2/t12-,13-/m0/s1. The summed E-state index contributed by atoms with van der Waals surface area (Å²) in [6.45, 7) is 2.13. The summed E-state index contributed by atoms with van der Waals surface area (Å²) in [5, 5.41) is 15.6. The second-order valence-corrected chi connectivity index (χ2v) is 4.72. The fraction of sp³-hybridized carbons (Fsp3) is 0.462. The summed E-state index contributed by atoms with van der Waals surface area (Å²) in [6.07, 6.45) is 3.92. The first-order valence-electron chi connectivity index (χ1n) is 6.43. The van der Waals surface area contributed by atoms with Crippen LogP contribution in [0.5, 0.6) is 0 Å². The highest BCUT2D eigenvalue weighted by molar-refractivity contribution is 5.20. The molecule has 1 saturated heterocycles. The first kappa shape index (κ1) is 11.3. The van der Waals surface area contributed by atoms with Gasteiger partial charge in [0.05, 0.1) is 0 Å². The molecule has 5 nitrogen and oxygen atoms in total. The van der Waals surface area contributed by atoms with Gasteiger partial charge in [-0.2, -0.15) is 4.80 Å². The van der Waals surface area contributed by atoms with Gasteiger partial charge in [0.15, 0.2) is 6.33 Å². The number of nitrogens with zero attached hydrogens (tertiary/aromatic N) is 4. The Labute approximate surface area is 106 Å². The minimum Gasteiger partial charge on any atom is -0.316 e. The Morgan fingerprint density at radius 1 is 1.28 bits per heavy atom. The lowest BCUT2D eigenvalue weighted by Gasteiger charge is -2.30. The van der Waals surface area contributed by atoms with Crippen molar-refractivity contribution >= 4 is 0 Å². The zero-order valence-electron chi connectivity index (χ0n) is 10.2. The number of tetrazole rings is 1. The van der Waals surface area contributed by atoms with Crippen LogP contribution in [0.25, 0.3) is 0 Å². The summed E-state index contributed by atoms with van der Waals surface area (Å²) in [5.74, 6) is 0.523. The van der Waals surface area contributed by atoms with Crippen molar-refractivity contribution in [1.82, 2.24) is 25.5 Å². The minimum absolute atomic E-state index is 0.182. The van der Waals surface area contributed by atoms with Gasteiger partial charge >= 0.3 is 0 Å². The van der Waals surface area contributed by atoms with E-state index in [-0.39, 0.29) is 6.04 Å². The lowest BCUT2D eigenvalue weighted by molar-refractivity contribution is 0.261. The Balaban J connectivity index is 1.93. The second kappa shape index (κ2) is 5.27. The van der Waals surface area contributed by atoms with Gasteiger partial charge in [0, 0.05) is 6.54 Å². The molecule has 1 fully saturated rings. The van der Waals surface area contributed by atoms with Gasteiger partial charge < -0.3 is 5.32 Å². The second-order valence-electron chi connectivity index (χ2n) is 4.72. The molecule has 0 spiro atoms. The highest BCUT2D eigenvalue weighted by Crippen LogP contribution is 2.29. The summed E-state index contributed by atoms with van der Waals surface area (Å²) in [7, 11) is 0. The molecule has 5 heteroatoms. The third-order valence-electron chi connectivity index (χ3n) is 3.54. The van der Waals surface area contributed by atoms with Crippen LogP contribution in [-0.2, 0) is 0 Å². The van der Waals surface area contributed by atoms with E-state index in [1.54, 1.807) is 4.80 Å². The molecule has 0 aliphatic carbocycles. The van der Waals surface area contributed by atoms with E-state index in [0.29, 0.717) is 5.92 Å². The van der Waals surface area contributed by atoms with Crippen molar-refractivity contribution in [2.75, 3.05) is 13.1 Å². The van der Waals surface area contributed by atoms with Gasteiger partial charge in [0.25, 0.3) is 0 Å². The highest BCUT2D eigenvalue weighted by Gasteiger charge is 2.27. The van der Waals surface area contributed by atoms with Gasteiger partial charge in [0.1, 0.15) is 6.04 Å². The summed E-state index contributed by atoms with van der Waals surface area (Å²) >= 11 is 0. The molecule has 18 heavy (non-hydrogen) atoms. The molecule has 2 atom stereocenters. The van der Waals surface area contributed by atoms with Crippen molar-refractivity contribution in [1.29, 1.82) is 0 Å². The van der Waals surface area contributed by atoms with Crippen molar-refractivity contribution < 1.29 is 0 Å². The first-order chi connectivity index (χ1) is 8.95. The minimum atomic E-state index is 0.182. The predicted molar refractivity (Wildman–Crippen MR) is 68.0 cm³/mol. The van der Waals surface area contributed by atoms with Gasteiger partial charge in [0.2, 0.25) is 0 Å². The summed E-state index contributed by atoms with van der Waals surface area (Å²) < 4.78 is 0. The molecule has 2 aromatic rings. The van der Waals surface area contributed by atoms with E-state index in [0.717, 1.165) is 13.1 Å². The van der Waals surface area contributed by atoms with Gasteiger partial charge in [-0.05, 0) is 36.1 Å². The van der Waals surface area contributed by atoms with Crippen LogP contribution < -0.4 is 5.32 Å². The number of piperidine rings is 1. The molecule has 94 valence electrons. The smallest absolute Gasteiger partial charge is 0.162 e. The van der Waals surface area contributed by atoms with E-state index in [1.807, 2.05) is 6.07 Å². The molecular weight excluding hydrogens is 226 g/mol. The largest absolute Gasteiger partial charge is 0.316 e. The fourth-order valence-corrected chi connectivity index (χ4v) is 2.70. The third-order valence-corrected chi connectivity index (χ3v) is 3.54. The molecule has 0 saturated carbocycles. The Bertz CT molecular complexity index is 461. The number of hydrogen-bond donors (Lipinski definition) is 1. The molecule has 1 N–H and O–H groups in total. The average Bonchev–Trinajstić information content (AvgIpc) is 2.95. The van der Waals surface area contributed by atoms with E-state index in [9.17, 15) is 0 Å². The van der Waals surface area contributed by atoms with E-state index >= 15 is 0 Å². The lowest BCUT2D eigenvalue weighted by atomic mass is 9.87. The van der Waals surface area contributed by atoms with Gasteiger partial charge in [-0.3, -0.25) is 0 Å². The first-order valence-corrected chi connectivity index (χ1v) is 6.43. The van der Waals surface area contributed by atoms with Crippen LogP contribution in [0.2, 0.25) is 0 Å². The molecule has 3 rings (SSSR count). The zero-order valence-corrected chi connectivity index (χ0v) is 10.2. The van der Waals surface area contributed by atoms with E-state index in [2.05, 4.69) is 45.0 Å². The predicted octanol–water partition coefficient (Wildman–Crippen LogP) is 1.26. The monoisotopic (exact) mass is 243 g/mol. The summed E-state index contributed by atoms with van der Waals surface area (Å²) in [4.78, 5) is 1.74. The van der Waals surface area contributed by atoms with E-state index < -0.39 is 0 Å². The Morgan fingerprint density at radius 2 is 2.17 bits per heavy atom. The maximum atomic E-state index is 4.23. The Kier molecular flexibility index (Phi) is 3.32. The SMILES string of the molecule is c1ccc([C@@H]([C@H]2CCCNC2)n2ncnn2)cc1. The van der Waals surface area contributed by atoms with Crippen molar-refractivity contribution in [2.45, 2.75) is 18.9 Å². The molecule has 0 bridgehead atoms. The molecule has 2 heterocycles. The fourth-order valence-electron chi connectivity index (χ4n) is 2.70. The van der Waals surface area contributed by atoms with Crippen LogP contribution in [0, 0.1) is 5.92 Å². The van der Waals surface area contributed by atoms with Crippen molar-refractivity contribution in [3.05, 3.63) is 42.2 Å². The summed E-state index contributed by atoms with van der Waals surface area (Å²) in [6, 6.07) is 10.6. The number of aromatic nitrogens is 4. The quantitative estimate of drug-likeness (QED) is 0.882. The lowest BCUT2D eigenvalue weighted by Crippen LogP contribution is -2.36. The maximum Gasteiger partial charge on any atom is 0.162 e. The molecule has 0 amide bonds. The van der Waals surface area contributed by atoms with Crippen LogP contribution in [0.15, 0.2) is 36.7 Å². The van der Waals surface area contributed by atoms with Gasteiger partial charge in [-0.15, -0.1) is 10.2 Å². The number of nitrogens with one attached hydrogen (secondary N) is 1. The highest BCUT2D eigenvalue weighted by atomic mass is 15.6. The van der Waals surface area contributed by atoms with Crippen molar-refractivity contribution in [2.24, 2.45) is 5.92 Å². The molecule has 1 aliphatic rings. The summed E-state index contributed by atoms with van der Waals surface area (Å²) in [5.41, 5.74) is 1.25.